The first kappa shape index (κ1) is 13.2. The van der Waals surface area contributed by atoms with Crippen LogP contribution in [0.5, 0.6) is 0 Å². The Bertz CT molecular complexity index is 471. The molecule has 0 heterocycles. The zero-order valence-electron chi connectivity index (χ0n) is 10.8. The van der Waals surface area contributed by atoms with E-state index < -0.39 is 0 Å². The van der Waals surface area contributed by atoms with Crippen LogP contribution < -0.4 is 11.1 Å². The number of carbonyl (C=O) groups is 1. The van der Waals surface area contributed by atoms with Gasteiger partial charge in [0.2, 0.25) is 5.91 Å². The number of nitrogens with two attached hydrogens (primary N) is 1. The number of carbonyl (C=O) groups excluding carboxylic acids is 1. The van der Waals surface area contributed by atoms with Gasteiger partial charge in [0.1, 0.15) is 0 Å². The Morgan fingerprint density at radius 3 is 2.78 bits per heavy atom. The molecule has 1 fully saturated rings. The predicted molar refractivity (Wildman–Crippen MR) is 75.6 cm³/mol. The van der Waals surface area contributed by atoms with Gasteiger partial charge >= 0.3 is 0 Å². The summed E-state index contributed by atoms with van der Waals surface area (Å²) in [7, 11) is 0. The van der Waals surface area contributed by atoms with Gasteiger partial charge in [-0.15, -0.1) is 0 Å². The summed E-state index contributed by atoms with van der Waals surface area (Å²) >= 11 is 5.83. The highest BCUT2D eigenvalue weighted by molar-refractivity contribution is 6.31. The Morgan fingerprint density at radius 1 is 1.50 bits per heavy atom. The molecule has 1 aromatic carbocycles. The van der Waals surface area contributed by atoms with Crippen LogP contribution >= 0.6 is 11.6 Å². The Labute approximate surface area is 113 Å². The maximum Gasteiger partial charge on any atom is 0.228 e. The summed E-state index contributed by atoms with van der Waals surface area (Å²) in [5.41, 5.74) is 7.06. The maximum absolute atomic E-state index is 12.3. The maximum atomic E-state index is 12.3. The molecule has 1 unspecified atom stereocenters. The van der Waals surface area contributed by atoms with Crippen LogP contribution in [0.2, 0.25) is 5.02 Å². The van der Waals surface area contributed by atoms with Crippen molar-refractivity contribution in [2.45, 2.75) is 33.1 Å². The molecular formula is C14H19ClN2O. The minimum absolute atomic E-state index is 0.0616. The van der Waals surface area contributed by atoms with E-state index in [1.807, 2.05) is 0 Å². The SMILES string of the molecule is CC1(C)CCCC1C(=O)Nc1ccc(Cl)cc1N. The van der Waals surface area contributed by atoms with E-state index in [1.54, 1.807) is 18.2 Å². The highest BCUT2D eigenvalue weighted by Gasteiger charge is 2.39. The third-order valence-electron chi connectivity index (χ3n) is 3.85. The summed E-state index contributed by atoms with van der Waals surface area (Å²) in [5, 5.41) is 3.49. The van der Waals surface area contributed by atoms with Gasteiger partial charge < -0.3 is 11.1 Å². The van der Waals surface area contributed by atoms with Gasteiger partial charge in [-0.3, -0.25) is 4.79 Å². The van der Waals surface area contributed by atoms with Gasteiger partial charge in [0.05, 0.1) is 11.4 Å². The third kappa shape index (κ3) is 2.61. The summed E-state index contributed by atoms with van der Waals surface area (Å²) in [6, 6.07) is 5.13. The molecule has 3 nitrogen and oxygen atoms in total. The molecule has 1 aliphatic carbocycles. The first-order chi connectivity index (χ1) is 8.40. The number of hydrogen-bond acceptors (Lipinski definition) is 2. The lowest BCUT2D eigenvalue weighted by atomic mass is 9.81. The van der Waals surface area contributed by atoms with E-state index in [0.717, 1.165) is 19.3 Å². The molecule has 0 aromatic heterocycles. The average Bonchev–Trinajstić information content (AvgIpc) is 2.62. The molecule has 3 N–H and O–H groups in total. The van der Waals surface area contributed by atoms with Gasteiger partial charge in [0.25, 0.3) is 0 Å². The lowest BCUT2D eigenvalue weighted by molar-refractivity contribution is -0.122. The average molecular weight is 267 g/mol. The van der Waals surface area contributed by atoms with Crippen LogP contribution in [0.25, 0.3) is 0 Å². The van der Waals surface area contributed by atoms with E-state index in [2.05, 4.69) is 19.2 Å². The fraction of sp³-hybridized carbons (Fsp3) is 0.500. The van der Waals surface area contributed by atoms with Crippen molar-refractivity contribution in [3.8, 4) is 0 Å². The second-order valence-electron chi connectivity index (χ2n) is 5.65. The Balaban J connectivity index is 2.12. The smallest absolute Gasteiger partial charge is 0.228 e. The summed E-state index contributed by atoms with van der Waals surface area (Å²) in [6.45, 7) is 4.30. The van der Waals surface area contributed by atoms with Gasteiger partial charge in [-0.25, -0.2) is 0 Å². The van der Waals surface area contributed by atoms with E-state index in [4.69, 9.17) is 17.3 Å². The number of nitrogens with one attached hydrogen (secondary N) is 1. The molecule has 4 heteroatoms. The number of benzene rings is 1. The molecule has 0 spiro atoms. The van der Waals surface area contributed by atoms with Gasteiger partial charge in [0.15, 0.2) is 0 Å². The Hall–Kier alpha value is -1.22. The zero-order valence-corrected chi connectivity index (χ0v) is 11.6. The number of amides is 1. The molecule has 1 amide bonds. The lowest BCUT2D eigenvalue weighted by Gasteiger charge is -2.26. The first-order valence-corrected chi connectivity index (χ1v) is 6.64. The fourth-order valence-corrected chi connectivity index (χ4v) is 2.86. The second-order valence-corrected chi connectivity index (χ2v) is 6.09. The zero-order chi connectivity index (χ0) is 13.3. The number of halogens is 1. The molecule has 1 aromatic rings. The monoisotopic (exact) mass is 266 g/mol. The summed E-state index contributed by atoms with van der Waals surface area (Å²) < 4.78 is 0. The van der Waals surface area contributed by atoms with E-state index in [1.165, 1.54) is 0 Å². The van der Waals surface area contributed by atoms with Crippen LogP contribution in [-0.2, 0) is 4.79 Å². The van der Waals surface area contributed by atoms with Crippen molar-refractivity contribution in [2.24, 2.45) is 11.3 Å². The van der Waals surface area contributed by atoms with Crippen molar-refractivity contribution >= 4 is 28.9 Å². The summed E-state index contributed by atoms with van der Waals surface area (Å²) in [4.78, 5) is 12.3. The van der Waals surface area contributed by atoms with Gasteiger partial charge in [-0.1, -0.05) is 31.9 Å². The van der Waals surface area contributed by atoms with Gasteiger partial charge in [-0.05, 0) is 36.5 Å². The van der Waals surface area contributed by atoms with E-state index in [-0.39, 0.29) is 17.2 Å². The van der Waals surface area contributed by atoms with E-state index in [0.29, 0.717) is 16.4 Å². The molecule has 98 valence electrons. The molecule has 0 bridgehead atoms. The summed E-state index contributed by atoms with van der Waals surface area (Å²) in [6.07, 6.45) is 3.16. The Kier molecular flexibility index (Phi) is 3.53. The molecule has 0 saturated heterocycles. The fourth-order valence-electron chi connectivity index (χ4n) is 2.68. The number of anilines is 2. The van der Waals surface area contributed by atoms with Crippen LogP contribution in [0.3, 0.4) is 0 Å². The molecule has 2 rings (SSSR count). The number of nitrogen functional groups attached to an aromatic ring is 1. The van der Waals surface area contributed by atoms with Crippen molar-refractivity contribution < 1.29 is 4.79 Å². The second kappa shape index (κ2) is 4.81. The normalized spacial score (nSPS) is 21.8. The van der Waals surface area contributed by atoms with Crippen molar-refractivity contribution in [3.05, 3.63) is 23.2 Å². The molecule has 18 heavy (non-hydrogen) atoms. The highest BCUT2D eigenvalue weighted by Crippen LogP contribution is 2.43. The third-order valence-corrected chi connectivity index (χ3v) is 4.08. The highest BCUT2D eigenvalue weighted by atomic mass is 35.5. The van der Waals surface area contributed by atoms with Crippen LogP contribution in [0.1, 0.15) is 33.1 Å². The van der Waals surface area contributed by atoms with Crippen LogP contribution in [0, 0.1) is 11.3 Å². The number of hydrogen-bond donors (Lipinski definition) is 2. The molecule has 1 atom stereocenters. The van der Waals surface area contributed by atoms with Crippen LogP contribution in [-0.4, -0.2) is 5.91 Å². The van der Waals surface area contributed by atoms with Crippen molar-refractivity contribution in [2.75, 3.05) is 11.1 Å². The minimum Gasteiger partial charge on any atom is -0.397 e. The predicted octanol–water partition coefficient (Wildman–Crippen LogP) is 3.69. The topological polar surface area (TPSA) is 55.1 Å². The molecule has 1 saturated carbocycles. The van der Waals surface area contributed by atoms with Crippen molar-refractivity contribution in [3.63, 3.8) is 0 Å². The molecular weight excluding hydrogens is 248 g/mol. The minimum atomic E-state index is 0.0616. The first-order valence-electron chi connectivity index (χ1n) is 6.26. The van der Waals surface area contributed by atoms with Crippen LogP contribution in [0.4, 0.5) is 11.4 Å². The largest absolute Gasteiger partial charge is 0.397 e. The standard InChI is InChI=1S/C14H19ClN2O/c1-14(2)7-3-4-10(14)13(18)17-12-6-5-9(15)8-11(12)16/h5-6,8,10H,3-4,7,16H2,1-2H3,(H,17,18). The van der Waals surface area contributed by atoms with Gasteiger partial charge in [-0.2, -0.15) is 0 Å². The van der Waals surface area contributed by atoms with E-state index in [9.17, 15) is 4.79 Å². The molecule has 1 aliphatic rings. The summed E-state index contributed by atoms with van der Waals surface area (Å²) in [5.74, 6) is 0.124. The van der Waals surface area contributed by atoms with Crippen molar-refractivity contribution in [1.29, 1.82) is 0 Å². The number of rotatable bonds is 2. The van der Waals surface area contributed by atoms with Gasteiger partial charge in [0, 0.05) is 10.9 Å². The van der Waals surface area contributed by atoms with Crippen LogP contribution in [0.15, 0.2) is 18.2 Å². The van der Waals surface area contributed by atoms with Crippen molar-refractivity contribution in [1.82, 2.24) is 0 Å². The lowest BCUT2D eigenvalue weighted by Crippen LogP contribution is -2.31. The Morgan fingerprint density at radius 2 is 2.22 bits per heavy atom. The molecule has 0 aliphatic heterocycles. The van der Waals surface area contributed by atoms with E-state index >= 15 is 0 Å². The molecule has 0 radical (unpaired) electrons. The quantitative estimate of drug-likeness (QED) is 0.802.